The Morgan fingerprint density at radius 3 is 2.65 bits per heavy atom. The summed E-state index contributed by atoms with van der Waals surface area (Å²) in [5.41, 5.74) is 1.73. The first kappa shape index (κ1) is 11.3. The van der Waals surface area contributed by atoms with Crippen LogP contribution in [0, 0.1) is 0 Å². The lowest BCUT2D eigenvalue weighted by molar-refractivity contribution is -0.895. The van der Waals surface area contributed by atoms with E-state index in [4.69, 9.17) is 4.84 Å². The number of pyridine rings is 1. The molecule has 0 unspecified atom stereocenters. The van der Waals surface area contributed by atoms with Gasteiger partial charge in [-0.15, -0.1) is 0 Å². The van der Waals surface area contributed by atoms with Crippen LogP contribution in [-0.4, -0.2) is 5.78 Å². The summed E-state index contributed by atoms with van der Waals surface area (Å²) in [4.78, 5) is 16.8. The minimum atomic E-state index is 0.0302. The predicted octanol–water partition coefficient (Wildman–Crippen LogP) is 1.81. The number of rotatable bonds is 4. The summed E-state index contributed by atoms with van der Waals surface area (Å²) in [6.45, 7) is 2.02. The SMILES string of the molecule is CC(=O)c1ccc[n+](OCc2ccccc2)c1. The van der Waals surface area contributed by atoms with E-state index in [1.54, 1.807) is 29.3 Å². The zero-order chi connectivity index (χ0) is 12.1. The van der Waals surface area contributed by atoms with Crippen LogP contribution in [0.25, 0.3) is 0 Å². The summed E-state index contributed by atoms with van der Waals surface area (Å²) in [7, 11) is 0. The van der Waals surface area contributed by atoms with Crippen LogP contribution in [0.15, 0.2) is 54.9 Å². The number of hydrogen-bond acceptors (Lipinski definition) is 2. The summed E-state index contributed by atoms with van der Waals surface area (Å²) < 4.78 is 1.56. The Bertz CT molecular complexity index is 509. The maximum absolute atomic E-state index is 11.2. The van der Waals surface area contributed by atoms with Crippen molar-refractivity contribution in [2.24, 2.45) is 0 Å². The quantitative estimate of drug-likeness (QED) is 0.590. The van der Waals surface area contributed by atoms with E-state index in [1.807, 2.05) is 30.3 Å². The zero-order valence-corrected chi connectivity index (χ0v) is 9.67. The fourth-order valence-corrected chi connectivity index (χ4v) is 1.47. The van der Waals surface area contributed by atoms with Gasteiger partial charge < -0.3 is 0 Å². The van der Waals surface area contributed by atoms with Crippen molar-refractivity contribution in [3.05, 3.63) is 66.0 Å². The van der Waals surface area contributed by atoms with Crippen LogP contribution in [0.5, 0.6) is 0 Å². The highest BCUT2D eigenvalue weighted by atomic mass is 16.7. The van der Waals surface area contributed by atoms with E-state index in [2.05, 4.69) is 0 Å². The van der Waals surface area contributed by atoms with Gasteiger partial charge in [0.05, 0.1) is 5.56 Å². The summed E-state index contributed by atoms with van der Waals surface area (Å²) in [5.74, 6) is 0.0302. The molecule has 0 N–H and O–H groups in total. The van der Waals surface area contributed by atoms with Gasteiger partial charge >= 0.3 is 0 Å². The molecule has 0 amide bonds. The number of ketones is 1. The number of carbonyl (C=O) groups is 1. The Hall–Kier alpha value is -2.16. The van der Waals surface area contributed by atoms with E-state index in [1.165, 1.54) is 6.92 Å². The molecule has 1 aromatic carbocycles. The lowest BCUT2D eigenvalue weighted by Gasteiger charge is -1.99. The van der Waals surface area contributed by atoms with Gasteiger partial charge in [0.15, 0.2) is 12.4 Å². The van der Waals surface area contributed by atoms with Crippen molar-refractivity contribution in [1.82, 2.24) is 0 Å². The van der Waals surface area contributed by atoms with Gasteiger partial charge in [-0.3, -0.25) is 9.63 Å². The summed E-state index contributed by atoms with van der Waals surface area (Å²) in [5, 5.41) is 0. The predicted molar refractivity (Wildman–Crippen MR) is 63.4 cm³/mol. The third-order valence-corrected chi connectivity index (χ3v) is 2.40. The molecule has 3 heteroatoms. The molecule has 2 rings (SSSR count). The number of nitrogens with zero attached hydrogens (tertiary/aromatic N) is 1. The van der Waals surface area contributed by atoms with Gasteiger partial charge in [0, 0.05) is 10.8 Å². The highest BCUT2D eigenvalue weighted by Gasteiger charge is 2.07. The number of benzene rings is 1. The first-order valence-electron chi connectivity index (χ1n) is 5.45. The Kier molecular flexibility index (Phi) is 3.50. The molecule has 0 spiro atoms. The number of aromatic nitrogens is 1. The fraction of sp³-hybridized carbons (Fsp3) is 0.143. The molecule has 86 valence electrons. The summed E-state index contributed by atoms with van der Waals surface area (Å²) in [6.07, 6.45) is 3.46. The van der Waals surface area contributed by atoms with Gasteiger partial charge in [0.2, 0.25) is 12.4 Å². The highest BCUT2D eigenvalue weighted by Crippen LogP contribution is 1.98. The third kappa shape index (κ3) is 3.14. The van der Waals surface area contributed by atoms with Gasteiger partial charge in [-0.25, -0.2) is 0 Å². The van der Waals surface area contributed by atoms with Crippen LogP contribution in [0.4, 0.5) is 0 Å². The molecule has 3 nitrogen and oxygen atoms in total. The van der Waals surface area contributed by atoms with Crippen molar-refractivity contribution >= 4 is 5.78 Å². The fourth-order valence-electron chi connectivity index (χ4n) is 1.47. The molecule has 0 aliphatic carbocycles. The Morgan fingerprint density at radius 2 is 1.94 bits per heavy atom. The molecule has 0 aliphatic heterocycles. The molecule has 1 aromatic heterocycles. The summed E-state index contributed by atoms with van der Waals surface area (Å²) >= 11 is 0. The average molecular weight is 228 g/mol. The van der Waals surface area contributed by atoms with E-state index in [9.17, 15) is 4.79 Å². The van der Waals surface area contributed by atoms with Crippen molar-refractivity contribution in [3.8, 4) is 0 Å². The molecular formula is C14H14NO2+. The van der Waals surface area contributed by atoms with Gasteiger partial charge in [-0.2, -0.15) is 0 Å². The second-order valence-corrected chi connectivity index (χ2v) is 3.77. The largest absolute Gasteiger partial charge is 0.294 e. The standard InChI is InChI=1S/C14H14NO2/c1-12(16)14-8-5-9-15(10-14)17-11-13-6-3-2-4-7-13/h2-10H,11H2,1H3/q+1. The second kappa shape index (κ2) is 5.25. The molecule has 17 heavy (non-hydrogen) atoms. The number of Topliss-reactive ketones (excluding diaryl/α,β-unsaturated/α-hetero) is 1. The van der Waals surface area contributed by atoms with Crippen LogP contribution >= 0.6 is 0 Å². The number of hydrogen-bond donors (Lipinski definition) is 0. The van der Waals surface area contributed by atoms with Crippen molar-refractivity contribution in [2.45, 2.75) is 13.5 Å². The van der Waals surface area contributed by atoms with Crippen LogP contribution in [0.3, 0.4) is 0 Å². The molecule has 2 aromatic rings. The second-order valence-electron chi connectivity index (χ2n) is 3.77. The molecule has 1 heterocycles. The Balaban J connectivity index is 2.04. The Morgan fingerprint density at radius 1 is 1.18 bits per heavy atom. The van der Waals surface area contributed by atoms with E-state index in [0.717, 1.165) is 5.56 Å². The zero-order valence-electron chi connectivity index (χ0n) is 9.67. The maximum atomic E-state index is 11.2. The van der Waals surface area contributed by atoms with Gasteiger partial charge in [-0.05, 0) is 18.6 Å². The monoisotopic (exact) mass is 228 g/mol. The topological polar surface area (TPSA) is 30.2 Å². The lowest BCUT2D eigenvalue weighted by atomic mass is 10.2. The van der Waals surface area contributed by atoms with Gasteiger partial charge in [0.1, 0.15) is 0 Å². The first-order chi connectivity index (χ1) is 8.25. The first-order valence-corrected chi connectivity index (χ1v) is 5.45. The van der Waals surface area contributed by atoms with Crippen molar-refractivity contribution in [3.63, 3.8) is 0 Å². The summed E-state index contributed by atoms with van der Waals surface area (Å²) in [6, 6.07) is 13.5. The third-order valence-electron chi connectivity index (χ3n) is 2.40. The van der Waals surface area contributed by atoms with Crippen LogP contribution in [0.1, 0.15) is 22.8 Å². The van der Waals surface area contributed by atoms with Crippen molar-refractivity contribution in [1.29, 1.82) is 0 Å². The van der Waals surface area contributed by atoms with Gasteiger partial charge in [-0.1, -0.05) is 30.3 Å². The molecule has 0 atom stereocenters. The molecule has 0 saturated carbocycles. The molecule has 0 radical (unpaired) electrons. The molecular weight excluding hydrogens is 214 g/mol. The minimum absolute atomic E-state index is 0.0302. The smallest absolute Gasteiger partial charge is 0.233 e. The lowest BCUT2D eigenvalue weighted by Crippen LogP contribution is -2.42. The van der Waals surface area contributed by atoms with E-state index < -0.39 is 0 Å². The number of carbonyl (C=O) groups excluding carboxylic acids is 1. The Labute approximate surface area is 100 Å². The van der Waals surface area contributed by atoms with E-state index >= 15 is 0 Å². The van der Waals surface area contributed by atoms with E-state index in [-0.39, 0.29) is 5.78 Å². The normalized spacial score (nSPS) is 9.94. The average Bonchev–Trinajstić information content (AvgIpc) is 2.38. The van der Waals surface area contributed by atoms with Crippen LogP contribution in [0.2, 0.25) is 0 Å². The van der Waals surface area contributed by atoms with Gasteiger partial charge in [0.25, 0.3) is 0 Å². The molecule has 0 saturated heterocycles. The van der Waals surface area contributed by atoms with E-state index in [0.29, 0.717) is 12.2 Å². The molecule has 0 aliphatic rings. The van der Waals surface area contributed by atoms with Crippen molar-refractivity contribution in [2.75, 3.05) is 0 Å². The van der Waals surface area contributed by atoms with Crippen LogP contribution in [-0.2, 0) is 6.61 Å². The minimum Gasteiger partial charge on any atom is -0.294 e. The maximum Gasteiger partial charge on any atom is 0.233 e. The van der Waals surface area contributed by atoms with Crippen molar-refractivity contribution < 1.29 is 14.4 Å². The highest BCUT2D eigenvalue weighted by molar-refractivity contribution is 5.93. The molecule has 0 bridgehead atoms. The molecule has 0 fully saturated rings. The van der Waals surface area contributed by atoms with Crippen LogP contribution < -0.4 is 9.57 Å².